The topological polar surface area (TPSA) is 64.5 Å². The number of nitriles is 1. The molecular formula is C13H15FN5+. The van der Waals surface area contributed by atoms with Crippen molar-refractivity contribution >= 4 is 16.7 Å². The average Bonchev–Trinajstić information content (AvgIpc) is 2.83. The van der Waals surface area contributed by atoms with Crippen molar-refractivity contribution in [3.8, 4) is 6.07 Å². The third-order valence-electron chi connectivity index (χ3n) is 3.78. The molecule has 6 heteroatoms. The van der Waals surface area contributed by atoms with E-state index in [9.17, 15) is 4.39 Å². The van der Waals surface area contributed by atoms with E-state index in [1.807, 2.05) is 0 Å². The van der Waals surface area contributed by atoms with E-state index in [0.717, 1.165) is 37.4 Å². The molecule has 3 rings (SSSR count). The zero-order chi connectivity index (χ0) is 13.3. The summed E-state index contributed by atoms with van der Waals surface area (Å²) in [6.07, 6.45) is 0. The number of hydrogen-bond acceptors (Lipinski definition) is 3. The summed E-state index contributed by atoms with van der Waals surface area (Å²) in [4.78, 5) is 0. The van der Waals surface area contributed by atoms with E-state index < -0.39 is 0 Å². The minimum atomic E-state index is -0.294. The van der Waals surface area contributed by atoms with Crippen LogP contribution in [0.1, 0.15) is 0 Å². The molecule has 0 bridgehead atoms. The van der Waals surface area contributed by atoms with Crippen molar-refractivity contribution in [1.82, 2.24) is 20.0 Å². The predicted octanol–water partition coefficient (Wildman–Crippen LogP) is 1.14. The zero-order valence-electron chi connectivity index (χ0n) is 10.5. The van der Waals surface area contributed by atoms with Gasteiger partial charge >= 0.3 is 0 Å². The maximum Gasteiger partial charge on any atom is 0.232 e. The first-order chi connectivity index (χ1) is 9.25. The van der Waals surface area contributed by atoms with E-state index in [4.69, 9.17) is 5.26 Å². The van der Waals surface area contributed by atoms with Gasteiger partial charge in [0, 0.05) is 19.2 Å². The molecule has 0 spiro atoms. The number of aromatic amines is 1. The smallest absolute Gasteiger partial charge is 0.232 e. The normalized spacial score (nSPS) is 18.3. The molecule has 98 valence electrons. The molecule has 1 aromatic carbocycles. The summed E-state index contributed by atoms with van der Waals surface area (Å²) in [5.41, 5.74) is 0.615. The molecule has 1 aromatic heterocycles. The molecule has 1 fully saturated rings. The van der Waals surface area contributed by atoms with Crippen molar-refractivity contribution in [2.24, 2.45) is 0 Å². The minimum Gasteiger partial charge on any atom is -0.306 e. The quantitative estimate of drug-likeness (QED) is 0.628. The van der Waals surface area contributed by atoms with Crippen molar-refractivity contribution < 1.29 is 4.39 Å². The summed E-state index contributed by atoms with van der Waals surface area (Å²) in [7, 11) is 0. The Kier molecular flexibility index (Phi) is 2.93. The van der Waals surface area contributed by atoms with Crippen molar-refractivity contribution in [3.63, 3.8) is 0 Å². The maximum absolute atomic E-state index is 13.2. The number of halogens is 1. The fraction of sp³-hybridized carbons (Fsp3) is 0.385. The van der Waals surface area contributed by atoms with Gasteiger partial charge in [-0.1, -0.05) is 0 Å². The number of aromatic nitrogens is 2. The molecule has 1 aliphatic heterocycles. The molecule has 19 heavy (non-hydrogen) atoms. The summed E-state index contributed by atoms with van der Waals surface area (Å²) < 4.78 is 13.8. The molecule has 2 heterocycles. The Morgan fingerprint density at radius 2 is 2.16 bits per heavy atom. The van der Waals surface area contributed by atoms with Gasteiger partial charge in [0.2, 0.25) is 5.82 Å². The highest BCUT2D eigenvalue weighted by Crippen LogP contribution is 2.30. The Balaban J connectivity index is 2.12. The van der Waals surface area contributed by atoms with Crippen molar-refractivity contribution in [2.45, 2.75) is 0 Å². The molecule has 0 saturated carbocycles. The fourth-order valence-corrected chi connectivity index (χ4v) is 2.75. The third kappa shape index (κ3) is 1.97. The molecule has 1 aliphatic rings. The van der Waals surface area contributed by atoms with Gasteiger partial charge in [0.15, 0.2) is 6.54 Å². The molecule has 1 saturated heterocycles. The van der Waals surface area contributed by atoms with Gasteiger partial charge < -0.3 is 5.32 Å². The number of hydrogen-bond donors (Lipinski definition) is 2. The van der Waals surface area contributed by atoms with E-state index in [2.05, 4.69) is 21.6 Å². The van der Waals surface area contributed by atoms with Gasteiger partial charge in [-0.2, -0.15) is 10.4 Å². The standard InChI is InChI=1S/C13H15FN5/c14-10-1-2-11-12(9-10)17-18-13(11)19(6-3-15)7-4-16-5-8-19/h1-2,9,16H,4-8H2,(H,17,18)/q+1. The molecule has 0 atom stereocenters. The van der Waals surface area contributed by atoms with E-state index >= 15 is 0 Å². The van der Waals surface area contributed by atoms with Crippen LogP contribution in [0.2, 0.25) is 0 Å². The van der Waals surface area contributed by atoms with Crippen LogP contribution >= 0.6 is 0 Å². The van der Waals surface area contributed by atoms with Crippen molar-refractivity contribution in [2.75, 3.05) is 32.7 Å². The van der Waals surface area contributed by atoms with Gasteiger partial charge in [-0.3, -0.25) is 4.48 Å². The lowest BCUT2D eigenvalue weighted by Gasteiger charge is -2.37. The van der Waals surface area contributed by atoms with Crippen LogP contribution in [0.3, 0.4) is 0 Å². The van der Waals surface area contributed by atoms with Crippen molar-refractivity contribution in [3.05, 3.63) is 24.0 Å². The number of benzene rings is 1. The number of nitrogens with one attached hydrogen (secondary N) is 2. The van der Waals surface area contributed by atoms with Gasteiger partial charge in [0.25, 0.3) is 0 Å². The van der Waals surface area contributed by atoms with Gasteiger partial charge in [-0.25, -0.2) is 9.49 Å². The van der Waals surface area contributed by atoms with Gasteiger partial charge in [-0.05, 0) is 12.1 Å². The summed E-state index contributed by atoms with van der Waals surface area (Å²) in [6, 6.07) is 6.86. The molecule has 0 aliphatic carbocycles. The van der Waals surface area contributed by atoms with Crippen LogP contribution in [-0.2, 0) is 0 Å². The third-order valence-corrected chi connectivity index (χ3v) is 3.78. The highest BCUT2D eigenvalue weighted by atomic mass is 19.1. The number of H-pyrrole nitrogens is 1. The van der Waals surface area contributed by atoms with Crippen LogP contribution < -0.4 is 9.80 Å². The number of quaternary nitrogens is 1. The first-order valence-corrected chi connectivity index (χ1v) is 6.33. The predicted molar refractivity (Wildman–Crippen MR) is 70.9 cm³/mol. The molecule has 2 N–H and O–H groups in total. The van der Waals surface area contributed by atoms with Gasteiger partial charge in [-0.15, -0.1) is 0 Å². The Labute approximate surface area is 110 Å². The average molecular weight is 260 g/mol. The maximum atomic E-state index is 13.2. The SMILES string of the molecule is N#CC[N+]1(c2[nH]nc3cc(F)ccc23)CCNCC1. The van der Waals surface area contributed by atoms with E-state index in [1.54, 1.807) is 6.07 Å². The monoisotopic (exact) mass is 260 g/mol. The fourth-order valence-electron chi connectivity index (χ4n) is 2.75. The minimum absolute atomic E-state index is 0.294. The van der Waals surface area contributed by atoms with Crippen LogP contribution in [0.4, 0.5) is 10.2 Å². The Bertz CT molecular complexity index is 636. The highest BCUT2D eigenvalue weighted by molar-refractivity contribution is 5.89. The second-order valence-corrected chi connectivity index (χ2v) is 4.89. The summed E-state index contributed by atoms with van der Waals surface area (Å²) in [6.45, 7) is 3.80. The summed E-state index contributed by atoms with van der Waals surface area (Å²) in [5.74, 6) is 0.621. The number of fused-ring (bicyclic) bond motifs is 1. The van der Waals surface area contributed by atoms with E-state index in [1.165, 1.54) is 12.1 Å². The lowest BCUT2D eigenvalue weighted by atomic mass is 10.2. The highest BCUT2D eigenvalue weighted by Gasteiger charge is 2.35. The lowest BCUT2D eigenvalue weighted by Crippen LogP contribution is -2.60. The summed E-state index contributed by atoms with van der Waals surface area (Å²) >= 11 is 0. The molecule has 0 unspecified atom stereocenters. The van der Waals surface area contributed by atoms with Crippen LogP contribution in [0, 0.1) is 17.1 Å². The molecule has 5 nitrogen and oxygen atoms in total. The van der Waals surface area contributed by atoms with Crippen LogP contribution in [0.25, 0.3) is 10.9 Å². The molecular weight excluding hydrogens is 245 g/mol. The van der Waals surface area contributed by atoms with Gasteiger partial charge in [0.05, 0.1) is 18.5 Å². The van der Waals surface area contributed by atoms with Crippen molar-refractivity contribution in [1.29, 1.82) is 5.26 Å². The number of nitrogens with zero attached hydrogens (tertiary/aromatic N) is 3. The van der Waals surface area contributed by atoms with E-state index in [0.29, 0.717) is 16.5 Å². The van der Waals surface area contributed by atoms with E-state index in [-0.39, 0.29) is 5.82 Å². The van der Waals surface area contributed by atoms with Crippen LogP contribution in [0.15, 0.2) is 18.2 Å². The Hall–Kier alpha value is -1.97. The lowest BCUT2D eigenvalue weighted by molar-refractivity contribution is 0.261. The summed E-state index contributed by atoms with van der Waals surface area (Å²) in [5, 5.41) is 20.5. The second-order valence-electron chi connectivity index (χ2n) is 4.89. The van der Waals surface area contributed by atoms with Gasteiger partial charge in [0.1, 0.15) is 17.4 Å². The Morgan fingerprint density at radius 3 is 2.89 bits per heavy atom. The largest absolute Gasteiger partial charge is 0.306 e. The number of piperazine rings is 1. The molecule has 0 radical (unpaired) electrons. The molecule has 2 aromatic rings. The number of rotatable bonds is 2. The zero-order valence-corrected chi connectivity index (χ0v) is 10.5. The second kappa shape index (κ2) is 4.61. The first-order valence-electron chi connectivity index (χ1n) is 6.33. The van der Waals surface area contributed by atoms with Crippen LogP contribution in [0.5, 0.6) is 0 Å². The first kappa shape index (κ1) is 12.1. The van der Waals surface area contributed by atoms with Crippen LogP contribution in [-0.4, -0.2) is 42.9 Å². The molecule has 0 amide bonds. The Morgan fingerprint density at radius 1 is 1.37 bits per heavy atom.